The number of nitrogens with zero attached hydrogens (tertiary/aromatic N) is 4. The predicted molar refractivity (Wildman–Crippen MR) is 113 cm³/mol. The molecule has 0 unspecified atom stereocenters. The second-order valence-electron chi connectivity index (χ2n) is 7.56. The Bertz CT molecular complexity index is 1070. The summed E-state index contributed by atoms with van der Waals surface area (Å²) in [5.74, 6) is 0.233. The van der Waals surface area contributed by atoms with E-state index >= 15 is 0 Å². The second-order valence-corrected chi connectivity index (χ2v) is 7.56. The number of carbonyl (C=O) groups excluding carboxylic acids is 2. The number of aryl methyl sites for hydroxylation is 3. The van der Waals surface area contributed by atoms with Crippen LogP contribution in [0.15, 0.2) is 24.5 Å². The molecule has 3 rings (SSSR count). The minimum Gasteiger partial charge on any atom is -0.494 e. The van der Waals surface area contributed by atoms with Crippen molar-refractivity contribution in [3.8, 4) is 5.75 Å². The van der Waals surface area contributed by atoms with Gasteiger partial charge in [0.15, 0.2) is 0 Å². The lowest BCUT2D eigenvalue weighted by Gasteiger charge is -2.12. The van der Waals surface area contributed by atoms with E-state index in [0.717, 1.165) is 24.2 Å². The van der Waals surface area contributed by atoms with Gasteiger partial charge >= 0.3 is 0 Å². The Balaban J connectivity index is 1.77. The molecular formula is C21H28N6O3. The zero-order chi connectivity index (χ0) is 21.8. The molecule has 0 aliphatic rings. The molecule has 30 heavy (non-hydrogen) atoms. The van der Waals surface area contributed by atoms with Crippen molar-refractivity contribution in [2.24, 2.45) is 5.92 Å². The summed E-state index contributed by atoms with van der Waals surface area (Å²) in [5.41, 5.74) is 7.86. The standard InChI is InChI=1S/C21H28N6O3/c1-6-27-17(9-14(4)25-27)21(29)24-23-20(28)15-10-16-19(18(11-15)30-5)26(12-22-16)8-7-13(2)3/h9-13H,6-8H2,1-5H3,(H,23,28)(H,24,29). The van der Waals surface area contributed by atoms with Gasteiger partial charge in [0.25, 0.3) is 11.8 Å². The molecule has 9 heteroatoms. The Morgan fingerprint density at radius 3 is 2.57 bits per heavy atom. The van der Waals surface area contributed by atoms with Gasteiger partial charge in [-0.05, 0) is 44.4 Å². The summed E-state index contributed by atoms with van der Waals surface area (Å²) >= 11 is 0. The summed E-state index contributed by atoms with van der Waals surface area (Å²) in [6, 6.07) is 5.01. The van der Waals surface area contributed by atoms with Gasteiger partial charge in [-0.3, -0.25) is 25.1 Å². The highest BCUT2D eigenvalue weighted by Gasteiger charge is 2.17. The molecule has 2 amide bonds. The lowest BCUT2D eigenvalue weighted by atomic mass is 10.1. The van der Waals surface area contributed by atoms with E-state index in [-0.39, 0.29) is 0 Å². The smallest absolute Gasteiger partial charge is 0.287 e. The van der Waals surface area contributed by atoms with Crippen LogP contribution in [0.4, 0.5) is 0 Å². The molecule has 0 fully saturated rings. The molecule has 0 aliphatic carbocycles. The van der Waals surface area contributed by atoms with E-state index in [1.165, 1.54) is 0 Å². The Kier molecular flexibility index (Phi) is 6.39. The summed E-state index contributed by atoms with van der Waals surface area (Å²) in [6.07, 6.45) is 2.77. The number of ether oxygens (including phenoxy) is 1. The number of nitrogens with one attached hydrogen (secondary N) is 2. The van der Waals surface area contributed by atoms with Gasteiger partial charge in [-0.15, -0.1) is 0 Å². The van der Waals surface area contributed by atoms with Gasteiger partial charge in [-0.1, -0.05) is 13.8 Å². The third-order valence-electron chi connectivity index (χ3n) is 4.83. The summed E-state index contributed by atoms with van der Waals surface area (Å²) in [7, 11) is 1.56. The number of imidazole rings is 1. The molecule has 0 bridgehead atoms. The highest BCUT2D eigenvalue weighted by molar-refractivity contribution is 6.01. The molecular weight excluding hydrogens is 384 g/mol. The molecule has 0 saturated heterocycles. The molecule has 2 aromatic heterocycles. The number of benzene rings is 1. The van der Waals surface area contributed by atoms with Crippen LogP contribution in [0.3, 0.4) is 0 Å². The molecule has 1 aromatic carbocycles. The third kappa shape index (κ3) is 4.45. The molecule has 2 heterocycles. The third-order valence-corrected chi connectivity index (χ3v) is 4.83. The van der Waals surface area contributed by atoms with Crippen LogP contribution >= 0.6 is 0 Å². The number of hydrazine groups is 1. The highest BCUT2D eigenvalue weighted by Crippen LogP contribution is 2.27. The van der Waals surface area contributed by atoms with Crippen LogP contribution in [0, 0.1) is 12.8 Å². The molecule has 0 atom stereocenters. The van der Waals surface area contributed by atoms with Crippen LogP contribution in [0.5, 0.6) is 5.75 Å². The van der Waals surface area contributed by atoms with E-state index < -0.39 is 11.8 Å². The molecule has 9 nitrogen and oxygen atoms in total. The van der Waals surface area contributed by atoms with Gasteiger partial charge in [0.05, 0.1) is 24.6 Å². The quantitative estimate of drug-likeness (QED) is 0.581. The monoisotopic (exact) mass is 412 g/mol. The molecule has 0 radical (unpaired) electrons. The maximum absolute atomic E-state index is 12.6. The fourth-order valence-corrected chi connectivity index (χ4v) is 3.24. The van der Waals surface area contributed by atoms with Gasteiger partial charge < -0.3 is 9.30 Å². The summed E-state index contributed by atoms with van der Waals surface area (Å²) in [4.78, 5) is 29.5. The van der Waals surface area contributed by atoms with E-state index in [0.29, 0.717) is 35.0 Å². The highest BCUT2D eigenvalue weighted by atomic mass is 16.5. The molecule has 0 spiro atoms. The Labute approximate surface area is 175 Å². The van der Waals surface area contributed by atoms with Crippen molar-refractivity contribution in [1.82, 2.24) is 30.2 Å². The number of aromatic nitrogens is 4. The maximum Gasteiger partial charge on any atom is 0.287 e. The first-order valence-electron chi connectivity index (χ1n) is 10.0. The van der Waals surface area contributed by atoms with Crippen LogP contribution in [0.2, 0.25) is 0 Å². The molecule has 160 valence electrons. The van der Waals surface area contributed by atoms with Crippen molar-refractivity contribution in [2.75, 3.05) is 7.11 Å². The number of hydrogen-bond donors (Lipinski definition) is 2. The van der Waals surface area contributed by atoms with Crippen molar-refractivity contribution >= 4 is 22.8 Å². The van der Waals surface area contributed by atoms with Crippen LogP contribution in [0.1, 0.15) is 53.7 Å². The topological polar surface area (TPSA) is 103 Å². The zero-order valence-electron chi connectivity index (χ0n) is 18.0. The van der Waals surface area contributed by atoms with Crippen LogP contribution in [0.25, 0.3) is 11.0 Å². The van der Waals surface area contributed by atoms with Gasteiger partial charge in [-0.25, -0.2) is 4.98 Å². The van der Waals surface area contributed by atoms with Gasteiger partial charge in [0.2, 0.25) is 0 Å². The van der Waals surface area contributed by atoms with Gasteiger partial charge in [0, 0.05) is 18.7 Å². The first-order chi connectivity index (χ1) is 14.3. The summed E-state index contributed by atoms with van der Waals surface area (Å²) < 4.78 is 9.12. The van der Waals surface area contributed by atoms with Crippen LogP contribution < -0.4 is 15.6 Å². The van der Waals surface area contributed by atoms with Gasteiger partial charge in [0.1, 0.15) is 17.0 Å². The lowest BCUT2D eigenvalue weighted by molar-refractivity contribution is 0.0840. The predicted octanol–water partition coefficient (Wildman–Crippen LogP) is 2.69. The van der Waals surface area contributed by atoms with Crippen molar-refractivity contribution in [3.63, 3.8) is 0 Å². The average molecular weight is 412 g/mol. The van der Waals surface area contributed by atoms with E-state index in [2.05, 4.69) is 34.8 Å². The van der Waals surface area contributed by atoms with Crippen molar-refractivity contribution in [2.45, 2.75) is 47.2 Å². The Morgan fingerprint density at radius 2 is 1.90 bits per heavy atom. The SMILES string of the molecule is CCn1nc(C)cc1C(=O)NNC(=O)c1cc(OC)c2c(c1)ncn2CCC(C)C. The molecule has 0 aliphatic heterocycles. The molecule has 0 saturated carbocycles. The average Bonchev–Trinajstić information content (AvgIpc) is 3.32. The van der Waals surface area contributed by atoms with E-state index in [9.17, 15) is 9.59 Å². The lowest BCUT2D eigenvalue weighted by Crippen LogP contribution is -2.42. The minimum absolute atomic E-state index is 0.342. The number of amides is 2. The summed E-state index contributed by atoms with van der Waals surface area (Å²) in [5, 5.41) is 4.24. The number of hydrogen-bond acceptors (Lipinski definition) is 5. The van der Waals surface area contributed by atoms with Crippen LogP contribution in [-0.4, -0.2) is 38.3 Å². The second kappa shape index (κ2) is 8.98. The van der Waals surface area contributed by atoms with E-state index in [4.69, 9.17) is 4.74 Å². The molecule has 3 aromatic rings. The first-order valence-corrected chi connectivity index (χ1v) is 10.0. The maximum atomic E-state index is 12.6. The van der Waals surface area contributed by atoms with E-state index in [1.807, 2.05) is 18.4 Å². The van der Waals surface area contributed by atoms with Gasteiger partial charge in [-0.2, -0.15) is 5.10 Å². The minimum atomic E-state index is -0.459. The zero-order valence-corrected chi connectivity index (χ0v) is 18.0. The number of carbonyl (C=O) groups is 2. The van der Waals surface area contributed by atoms with Crippen molar-refractivity contribution < 1.29 is 14.3 Å². The van der Waals surface area contributed by atoms with Crippen LogP contribution in [-0.2, 0) is 13.1 Å². The fraction of sp³-hybridized carbons (Fsp3) is 0.429. The Hall–Kier alpha value is -3.36. The largest absolute Gasteiger partial charge is 0.494 e. The Morgan fingerprint density at radius 1 is 1.17 bits per heavy atom. The fourth-order valence-electron chi connectivity index (χ4n) is 3.24. The number of rotatable bonds is 7. The number of fused-ring (bicyclic) bond motifs is 1. The first kappa shape index (κ1) is 21.4. The summed E-state index contributed by atoms with van der Waals surface area (Å²) in [6.45, 7) is 9.41. The van der Waals surface area contributed by atoms with E-state index in [1.54, 1.807) is 36.3 Å². The molecule has 2 N–H and O–H groups in total. The normalized spacial score (nSPS) is 11.1. The van der Waals surface area contributed by atoms with Crippen molar-refractivity contribution in [3.05, 3.63) is 41.5 Å². The van der Waals surface area contributed by atoms with Crippen molar-refractivity contribution in [1.29, 1.82) is 0 Å². The number of methoxy groups -OCH3 is 1.